The Bertz CT molecular complexity index is 876. The predicted molar refractivity (Wildman–Crippen MR) is 99.8 cm³/mol. The molecule has 5 heteroatoms. The van der Waals surface area contributed by atoms with E-state index in [9.17, 15) is 4.79 Å². The van der Waals surface area contributed by atoms with Crippen molar-refractivity contribution in [2.75, 3.05) is 31.1 Å². The fourth-order valence-corrected chi connectivity index (χ4v) is 3.43. The minimum absolute atomic E-state index is 0.185. The Labute approximate surface area is 147 Å². The third-order valence-electron chi connectivity index (χ3n) is 4.87. The van der Waals surface area contributed by atoms with Crippen molar-refractivity contribution in [3.05, 3.63) is 60.0 Å². The van der Waals surface area contributed by atoms with Crippen LogP contribution in [0.1, 0.15) is 11.3 Å². The fourth-order valence-electron chi connectivity index (χ4n) is 3.43. The standard InChI is InChI=1S/C20H22N4O/c1-15-5-6-16(14-22-15)13-20(25)24-11-9-23(10-12-24)19-4-2-3-18-17(19)7-8-21-18/h2-8,14,21H,9-13H2,1H3. The van der Waals surface area contributed by atoms with Crippen LogP contribution in [-0.2, 0) is 11.2 Å². The first-order valence-electron chi connectivity index (χ1n) is 8.71. The van der Waals surface area contributed by atoms with Crippen molar-refractivity contribution in [2.45, 2.75) is 13.3 Å². The zero-order valence-corrected chi connectivity index (χ0v) is 14.4. The number of piperazine rings is 1. The molecule has 0 atom stereocenters. The molecule has 128 valence electrons. The molecule has 3 heterocycles. The number of aromatic amines is 1. The summed E-state index contributed by atoms with van der Waals surface area (Å²) in [6.07, 6.45) is 4.21. The molecular formula is C20H22N4O. The van der Waals surface area contributed by atoms with Crippen LogP contribution < -0.4 is 4.90 Å². The van der Waals surface area contributed by atoms with Gasteiger partial charge in [-0.05, 0) is 36.8 Å². The second-order valence-electron chi connectivity index (χ2n) is 6.57. The topological polar surface area (TPSA) is 52.2 Å². The van der Waals surface area contributed by atoms with Gasteiger partial charge in [-0.3, -0.25) is 9.78 Å². The number of aryl methyl sites for hydroxylation is 1. The molecule has 1 aliphatic heterocycles. The molecular weight excluding hydrogens is 312 g/mol. The highest BCUT2D eigenvalue weighted by Gasteiger charge is 2.22. The molecule has 0 radical (unpaired) electrons. The van der Waals surface area contributed by atoms with Gasteiger partial charge in [0.15, 0.2) is 0 Å². The number of carbonyl (C=O) groups excluding carboxylic acids is 1. The van der Waals surface area contributed by atoms with E-state index in [0.717, 1.165) is 43.0 Å². The van der Waals surface area contributed by atoms with E-state index in [2.05, 4.69) is 39.1 Å². The van der Waals surface area contributed by atoms with Gasteiger partial charge in [0.2, 0.25) is 5.91 Å². The van der Waals surface area contributed by atoms with Crippen molar-refractivity contribution in [1.29, 1.82) is 0 Å². The van der Waals surface area contributed by atoms with Gasteiger partial charge in [-0.1, -0.05) is 12.1 Å². The lowest BCUT2D eigenvalue weighted by Gasteiger charge is -2.36. The van der Waals surface area contributed by atoms with Gasteiger partial charge in [-0.15, -0.1) is 0 Å². The van der Waals surface area contributed by atoms with E-state index in [1.807, 2.05) is 30.2 Å². The van der Waals surface area contributed by atoms with Gasteiger partial charge in [0, 0.05) is 60.9 Å². The Balaban J connectivity index is 1.40. The fraction of sp³-hybridized carbons (Fsp3) is 0.300. The van der Waals surface area contributed by atoms with E-state index < -0.39 is 0 Å². The summed E-state index contributed by atoms with van der Waals surface area (Å²) < 4.78 is 0. The maximum absolute atomic E-state index is 12.5. The highest BCUT2D eigenvalue weighted by atomic mass is 16.2. The van der Waals surface area contributed by atoms with Gasteiger partial charge in [-0.25, -0.2) is 0 Å². The first kappa shape index (κ1) is 15.7. The maximum Gasteiger partial charge on any atom is 0.227 e. The normalized spacial score (nSPS) is 14.9. The summed E-state index contributed by atoms with van der Waals surface area (Å²) in [5.41, 5.74) is 4.36. The molecule has 0 bridgehead atoms. The summed E-state index contributed by atoms with van der Waals surface area (Å²) in [7, 11) is 0. The van der Waals surface area contributed by atoms with Crippen LogP contribution >= 0.6 is 0 Å². The number of aromatic nitrogens is 2. The van der Waals surface area contributed by atoms with Crippen LogP contribution in [0.25, 0.3) is 10.9 Å². The summed E-state index contributed by atoms with van der Waals surface area (Å²) in [6, 6.07) is 12.4. The molecule has 1 amide bonds. The van der Waals surface area contributed by atoms with Crippen LogP contribution in [0, 0.1) is 6.92 Å². The Hall–Kier alpha value is -2.82. The van der Waals surface area contributed by atoms with Crippen LogP contribution in [0.2, 0.25) is 0 Å². The van der Waals surface area contributed by atoms with E-state index in [1.165, 1.54) is 11.1 Å². The summed E-state index contributed by atoms with van der Waals surface area (Å²) in [5, 5.41) is 1.24. The smallest absolute Gasteiger partial charge is 0.227 e. The number of nitrogens with one attached hydrogen (secondary N) is 1. The number of H-pyrrole nitrogens is 1. The van der Waals surface area contributed by atoms with E-state index in [1.54, 1.807) is 6.20 Å². The lowest BCUT2D eigenvalue weighted by atomic mass is 10.1. The van der Waals surface area contributed by atoms with Gasteiger partial charge in [-0.2, -0.15) is 0 Å². The first-order chi connectivity index (χ1) is 12.2. The molecule has 1 aliphatic rings. The summed E-state index contributed by atoms with van der Waals surface area (Å²) in [6.45, 7) is 5.21. The van der Waals surface area contributed by atoms with Crippen LogP contribution in [0.4, 0.5) is 5.69 Å². The van der Waals surface area contributed by atoms with Crippen LogP contribution in [0.5, 0.6) is 0 Å². The van der Waals surface area contributed by atoms with Crippen molar-refractivity contribution < 1.29 is 4.79 Å². The van der Waals surface area contributed by atoms with Gasteiger partial charge in [0.25, 0.3) is 0 Å². The summed E-state index contributed by atoms with van der Waals surface area (Å²) in [5.74, 6) is 0.185. The molecule has 1 fully saturated rings. The minimum Gasteiger partial charge on any atom is -0.367 e. The lowest BCUT2D eigenvalue weighted by Crippen LogP contribution is -2.49. The van der Waals surface area contributed by atoms with Crippen molar-refractivity contribution in [3.63, 3.8) is 0 Å². The average molecular weight is 334 g/mol. The molecule has 25 heavy (non-hydrogen) atoms. The Morgan fingerprint density at radius 1 is 1.12 bits per heavy atom. The zero-order chi connectivity index (χ0) is 17.2. The molecule has 0 saturated carbocycles. The van der Waals surface area contributed by atoms with Crippen LogP contribution in [0.3, 0.4) is 0 Å². The number of fused-ring (bicyclic) bond motifs is 1. The number of benzene rings is 1. The highest BCUT2D eigenvalue weighted by molar-refractivity contribution is 5.92. The number of carbonyl (C=O) groups is 1. The van der Waals surface area contributed by atoms with Crippen molar-refractivity contribution in [2.24, 2.45) is 0 Å². The predicted octanol–water partition coefficient (Wildman–Crippen LogP) is 2.76. The van der Waals surface area contributed by atoms with E-state index in [0.29, 0.717) is 6.42 Å². The molecule has 1 saturated heterocycles. The molecule has 1 aromatic carbocycles. The number of nitrogens with zero attached hydrogens (tertiary/aromatic N) is 3. The molecule has 3 aromatic rings. The third-order valence-corrected chi connectivity index (χ3v) is 4.87. The molecule has 0 aliphatic carbocycles. The van der Waals surface area contributed by atoms with Crippen molar-refractivity contribution in [1.82, 2.24) is 14.9 Å². The SMILES string of the molecule is Cc1ccc(CC(=O)N2CCN(c3cccc4[nH]ccc34)CC2)cn1. The molecule has 2 aromatic heterocycles. The van der Waals surface area contributed by atoms with Crippen molar-refractivity contribution >= 4 is 22.5 Å². The van der Waals surface area contributed by atoms with Gasteiger partial charge in [0.05, 0.1) is 6.42 Å². The molecule has 0 spiro atoms. The number of pyridine rings is 1. The number of hydrogen-bond donors (Lipinski definition) is 1. The summed E-state index contributed by atoms with van der Waals surface area (Å²) >= 11 is 0. The lowest BCUT2D eigenvalue weighted by molar-refractivity contribution is -0.130. The molecule has 1 N–H and O–H groups in total. The van der Waals surface area contributed by atoms with Crippen LogP contribution in [0.15, 0.2) is 48.8 Å². The largest absolute Gasteiger partial charge is 0.367 e. The first-order valence-corrected chi connectivity index (χ1v) is 8.71. The number of rotatable bonds is 3. The monoisotopic (exact) mass is 334 g/mol. The third kappa shape index (κ3) is 3.22. The van der Waals surface area contributed by atoms with Crippen LogP contribution in [-0.4, -0.2) is 47.0 Å². The Morgan fingerprint density at radius 3 is 2.72 bits per heavy atom. The Kier molecular flexibility index (Phi) is 4.14. The minimum atomic E-state index is 0.185. The molecule has 0 unspecified atom stereocenters. The Morgan fingerprint density at radius 2 is 1.96 bits per heavy atom. The quantitative estimate of drug-likeness (QED) is 0.801. The average Bonchev–Trinajstić information content (AvgIpc) is 3.12. The van der Waals surface area contributed by atoms with Gasteiger partial charge >= 0.3 is 0 Å². The maximum atomic E-state index is 12.5. The molecule has 4 rings (SSSR count). The van der Waals surface area contributed by atoms with Crippen molar-refractivity contribution in [3.8, 4) is 0 Å². The second-order valence-corrected chi connectivity index (χ2v) is 6.57. The zero-order valence-electron chi connectivity index (χ0n) is 14.4. The van der Waals surface area contributed by atoms with E-state index in [4.69, 9.17) is 0 Å². The number of anilines is 1. The molecule has 5 nitrogen and oxygen atoms in total. The second kappa shape index (κ2) is 6.59. The van der Waals surface area contributed by atoms with E-state index in [-0.39, 0.29) is 5.91 Å². The highest BCUT2D eigenvalue weighted by Crippen LogP contribution is 2.27. The van der Waals surface area contributed by atoms with Gasteiger partial charge in [0.1, 0.15) is 0 Å². The summed E-state index contributed by atoms with van der Waals surface area (Å²) in [4.78, 5) is 24.4. The van der Waals surface area contributed by atoms with E-state index >= 15 is 0 Å². The number of amides is 1. The van der Waals surface area contributed by atoms with Gasteiger partial charge < -0.3 is 14.8 Å². The number of hydrogen-bond acceptors (Lipinski definition) is 3.